The Hall–Kier alpha value is -3.22. The van der Waals surface area contributed by atoms with Crippen molar-refractivity contribution in [2.24, 2.45) is 0 Å². The van der Waals surface area contributed by atoms with E-state index in [4.69, 9.17) is 4.52 Å². The lowest BCUT2D eigenvalue weighted by atomic mass is 10.1. The van der Waals surface area contributed by atoms with Crippen molar-refractivity contribution < 1.29 is 18.9 Å². The second-order valence-electron chi connectivity index (χ2n) is 5.23. The SMILES string of the molecule is CC(=O)c1ccc(NC(=O)/C(C)=C\C(=O)Nc2cc(C)on2)cc1. The van der Waals surface area contributed by atoms with Crippen LogP contribution in [0.2, 0.25) is 0 Å². The number of aromatic nitrogens is 1. The quantitative estimate of drug-likeness (QED) is 0.649. The smallest absolute Gasteiger partial charge is 0.251 e. The van der Waals surface area contributed by atoms with Crippen LogP contribution in [0, 0.1) is 6.92 Å². The molecule has 24 heavy (non-hydrogen) atoms. The third kappa shape index (κ3) is 4.64. The fourth-order valence-corrected chi connectivity index (χ4v) is 1.87. The Bertz CT molecular complexity index is 803. The zero-order chi connectivity index (χ0) is 17.7. The van der Waals surface area contributed by atoms with Gasteiger partial charge in [0.2, 0.25) is 5.91 Å². The molecule has 1 aromatic carbocycles. The number of rotatable bonds is 5. The van der Waals surface area contributed by atoms with Gasteiger partial charge >= 0.3 is 0 Å². The largest absolute Gasteiger partial charge is 0.360 e. The summed E-state index contributed by atoms with van der Waals surface area (Å²) in [6.07, 6.45) is 1.17. The molecule has 2 aromatic rings. The average molecular weight is 327 g/mol. The zero-order valence-corrected chi connectivity index (χ0v) is 13.5. The minimum absolute atomic E-state index is 0.0521. The van der Waals surface area contributed by atoms with Gasteiger partial charge < -0.3 is 15.2 Å². The van der Waals surface area contributed by atoms with E-state index < -0.39 is 11.8 Å². The van der Waals surface area contributed by atoms with Gasteiger partial charge in [-0.25, -0.2) is 0 Å². The third-order valence-electron chi connectivity index (χ3n) is 3.13. The summed E-state index contributed by atoms with van der Waals surface area (Å²) < 4.78 is 4.83. The average Bonchev–Trinajstić information content (AvgIpc) is 2.92. The summed E-state index contributed by atoms with van der Waals surface area (Å²) in [5.74, 6) is -0.108. The van der Waals surface area contributed by atoms with Crippen molar-refractivity contribution >= 4 is 29.1 Å². The summed E-state index contributed by atoms with van der Waals surface area (Å²) in [4.78, 5) is 35.1. The molecule has 0 fully saturated rings. The van der Waals surface area contributed by atoms with E-state index in [9.17, 15) is 14.4 Å². The van der Waals surface area contributed by atoms with Crippen molar-refractivity contribution in [3.05, 3.63) is 53.3 Å². The van der Waals surface area contributed by atoms with Gasteiger partial charge in [-0.05, 0) is 45.0 Å². The number of hydrogen-bond acceptors (Lipinski definition) is 5. The van der Waals surface area contributed by atoms with Crippen LogP contribution in [0.1, 0.15) is 30.0 Å². The lowest BCUT2D eigenvalue weighted by molar-refractivity contribution is -0.114. The Morgan fingerprint density at radius 3 is 2.29 bits per heavy atom. The summed E-state index contributed by atoms with van der Waals surface area (Å²) in [7, 11) is 0. The molecule has 7 heteroatoms. The normalized spacial score (nSPS) is 11.0. The Morgan fingerprint density at radius 1 is 1.08 bits per heavy atom. The van der Waals surface area contributed by atoms with E-state index in [0.717, 1.165) is 0 Å². The predicted molar refractivity (Wildman–Crippen MR) is 88.7 cm³/mol. The van der Waals surface area contributed by atoms with E-state index >= 15 is 0 Å². The molecule has 7 nitrogen and oxygen atoms in total. The number of anilines is 2. The number of amides is 2. The van der Waals surface area contributed by atoms with Crippen LogP contribution in [0.3, 0.4) is 0 Å². The van der Waals surface area contributed by atoms with Crippen molar-refractivity contribution in [3.63, 3.8) is 0 Å². The number of nitrogens with zero attached hydrogens (tertiary/aromatic N) is 1. The molecule has 0 aliphatic rings. The lowest BCUT2D eigenvalue weighted by Crippen LogP contribution is -2.16. The van der Waals surface area contributed by atoms with Crippen LogP contribution in [0.5, 0.6) is 0 Å². The molecule has 0 bridgehead atoms. The first-order valence-corrected chi connectivity index (χ1v) is 7.20. The number of nitrogens with one attached hydrogen (secondary N) is 2. The number of ketones is 1. The van der Waals surface area contributed by atoms with Crippen LogP contribution in [0.25, 0.3) is 0 Å². The third-order valence-corrected chi connectivity index (χ3v) is 3.13. The second-order valence-corrected chi connectivity index (χ2v) is 5.23. The number of Topliss-reactive ketones (excluding diaryl/α,β-unsaturated/α-hetero) is 1. The zero-order valence-electron chi connectivity index (χ0n) is 13.5. The summed E-state index contributed by atoms with van der Waals surface area (Å²) in [6.45, 7) is 4.69. The van der Waals surface area contributed by atoms with Gasteiger partial charge in [0.15, 0.2) is 11.6 Å². The fourth-order valence-electron chi connectivity index (χ4n) is 1.87. The Kier molecular flexibility index (Phi) is 5.26. The Morgan fingerprint density at radius 2 is 1.75 bits per heavy atom. The fraction of sp³-hybridized carbons (Fsp3) is 0.176. The highest BCUT2D eigenvalue weighted by atomic mass is 16.5. The first-order chi connectivity index (χ1) is 11.3. The topological polar surface area (TPSA) is 101 Å². The highest BCUT2D eigenvalue weighted by Gasteiger charge is 2.09. The van der Waals surface area contributed by atoms with Gasteiger partial charge in [-0.15, -0.1) is 0 Å². The van der Waals surface area contributed by atoms with Gasteiger partial charge in [0, 0.05) is 29.0 Å². The van der Waals surface area contributed by atoms with Gasteiger partial charge in [-0.3, -0.25) is 14.4 Å². The van der Waals surface area contributed by atoms with Gasteiger partial charge in [0.1, 0.15) is 5.76 Å². The van der Waals surface area contributed by atoms with Gasteiger partial charge in [-0.1, -0.05) is 5.16 Å². The molecule has 124 valence electrons. The standard InChI is InChI=1S/C17H17N3O4/c1-10(8-16(22)19-15-9-11(2)24-20-15)17(23)18-14-6-4-13(5-7-14)12(3)21/h4-9H,1-3H3,(H,18,23)(H,19,20,22)/b10-8-. The Balaban J connectivity index is 1.97. The van der Waals surface area contributed by atoms with Crippen molar-refractivity contribution in [1.82, 2.24) is 5.16 Å². The second kappa shape index (κ2) is 7.36. The maximum atomic E-state index is 12.1. The van der Waals surface area contributed by atoms with Crippen LogP contribution >= 0.6 is 0 Å². The van der Waals surface area contributed by atoms with E-state index in [-0.39, 0.29) is 17.2 Å². The molecule has 1 aromatic heterocycles. The molecule has 0 unspecified atom stereocenters. The summed E-state index contributed by atoms with van der Waals surface area (Å²) in [5.41, 5.74) is 1.32. The minimum Gasteiger partial charge on any atom is -0.360 e. The summed E-state index contributed by atoms with van der Waals surface area (Å²) in [6, 6.07) is 8.06. The molecule has 0 radical (unpaired) electrons. The molecular weight excluding hydrogens is 310 g/mol. The van der Waals surface area contributed by atoms with E-state index in [0.29, 0.717) is 17.0 Å². The number of benzene rings is 1. The van der Waals surface area contributed by atoms with Crippen molar-refractivity contribution in [3.8, 4) is 0 Å². The summed E-state index contributed by atoms with van der Waals surface area (Å²) in [5, 5.41) is 8.78. The van der Waals surface area contributed by atoms with Crippen LogP contribution in [0.4, 0.5) is 11.5 Å². The van der Waals surface area contributed by atoms with Crippen LogP contribution in [-0.4, -0.2) is 22.8 Å². The van der Waals surface area contributed by atoms with E-state index in [2.05, 4.69) is 15.8 Å². The van der Waals surface area contributed by atoms with Crippen molar-refractivity contribution in [1.29, 1.82) is 0 Å². The minimum atomic E-state index is -0.483. The molecule has 2 N–H and O–H groups in total. The molecule has 0 spiro atoms. The molecule has 1 heterocycles. The predicted octanol–water partition coefficient (Wildman–Crippen LogP) is 2.71. The van der Waals surface area contributed by atoms with Crippen LogP contribution in [-0.2, 0) is 9.59 Å². The monoisotopic (exact) mass is 327 g/mol. The molecule has 0 aliphatic heterocycles. The van der Waals surface area contributed by atoms with Crippen LogP contribution < -0.4 is 10.6 Å². The molecule has 0 saturated carbocycles. The molecule has 2 amide bonds. The molecule has 0 aliphatic carbocycles. The molecular formula is C17H17N3O4. The van der Waals surface area contributed by atoms with E-state index in [1.54, 1.807) is 37.3 Å². The van der Waals surface area contributed by atoms with E-state index in [1.165, 1.54) is 19.9 Å². The highest BCUT2D eigenvalue weighted by molar-refractivity contribution is 6.09. The first kappa shape index (κ1) is 17.1. The number of hydrogen-bond donors (Lipinski definition) is 2. The number of carbonyl (C=O) groups excluding carboxylic acids is 3. The molecule has 0 saturated heterocycles. The van der Waals surface area contributed by atoms with Crippen LogP contribution in [0.15, 0.2) is 46.5 Å². The first-order valence-electron chi connectivity index (χ1n) is 7.20. The Labute approximate surface area is 138 Å². The highest BCUT2D eigenvalue weighted by Crippen LogP contribution is 2.12. The van der Waals surface area contributed by atoms with Gasteiger partial charge in [0.25, 0.3) is 5.91 Å². The number of aryl methyl sites for hydroxylation is 1. The van der Waals surface area contributed by atoms with Crippen molar-refractivity contribution in [2.75, 3.05) is 10.6 Å². The lowest BCUT2D eigenvalue weighted by Gasteiger charge is -2.06. The summed E-state index contributed by atoms with van der Waals surface area (Å²) >= 11 is 0. The molecule has 2 rings (SSSR count). The van der Waals surface area contributed by atoms with Gasteiger partial charge in [0.05, 0.1) is 0 Å². The maximum absolute atomic E-state index is 12.1. The van der Waals surface area contributed by atoms with Crippen molar-refractivity contribution in [2.45, 2.75) is 20.8 Å². The maximum Gasteiger partial charge on any atom is 0.251 e. The van der Waals surface area contributed by atoms with E-state index in [1.807, 2.05) is 0 Å². The number of carbonyl (C=O) groups is 3. The molecule has 0 atom stereocenters. The van der Waals surface area contributed by atoms with Gasteiger partial charge in [-0.2, -0.15) is 0 Å².